The van der Waals surface area contributed by atoms with Gasteiger partial charge in [-0.2, -0.15) is 0 Å². The van der Waals surface area contributed by atoms with Crippen LogP contribution < -0.4 is 30.0 Å². The fourth-order valence-electron chi connectivity index (χ4n) is 4.20. The second-order valence-corrected chi connectivity index (χ2v) is 10.3. The number of carbonyl (C=O) groups excluding carboxylic acids is 4. The lowest BCUT2D eigenvalue weighted by molar-refractivity contribution is -0.135. The molecule has 14 nitrogen and oxygen atoms in total. The van der Waals surface area contributed by atoms with Crippen LogP contribution in [0.25, 0.3) is 0 Å². The third kappa shape index (κ3) is 12.1. The Labute approximate surface area is 286 Å². The Kier molecular flexibility index (Phi) is 13.8. The summed E-state index contributed by atoms with van der Waals surface area (Å²) >= 11 is 0. The molecule has 14 heteroatoms. The molecule has 0 spiro atoms. The molecular weight excluding hydrogens is 652 g/mol. The monoisotopic (exact) mass is 686 g/mol. The number of primary amides is 1. The van der Waals surface area contributed by atoms with Gasteiger partial charge in [0, 0.05) is 23.3 Å². The van der Waals surface area contributed by atoms with Crippen LogP contribution in [-0.2, 0) is 14.3 Å². The highest BCUT2D eigenvalue weighted by atomic mass is 16.6. The predicted molar refractivity (Wildman–Crippen MR) is 177 cm³/mol. The maximum Gasteiger partial charge on any atom is 0.343 e. The molecule has 260 valence electrons. The number of nitrogens with two attached hydrogens (primary N) is 1. The topological polar surface area (TPSA) is 199 Å². The van der Waals surface area contributed by atoms with Crippen LogP contribution in [0.4, 0.5) is 0 Å². The third-order valence-corrected chi connectivity index (χ3v) is 6.51. The second kappa shape index (κ2) is 18.9. The van der Waals surface area contributed by atoms with Crippen LogP contribution in [-0.4, -0.2) is 81.0 Å². The van der Waals surface area contributed by atoms with Gasteiger partial charge in [0.1, 0.15) is 42.8 Å². The van der Waals surface area contributed by atoms with Crippen molar-refractivity contribution in [3.63, 3.8) is 0 Å². The summed E-state index contributed by atoms with van der Waals surface area (Å²) in [6.45, 7) is 0.371. The number of amides is 2. The maximum absolute atomic E-state index is 12.5. The molecular formula is C36H34N2O12. The Morgan fingerprint density at radius 3 is 1.42 bits per heavy atom. The van der Waals surface area contributed by atoms with Crippen molar-refractivity contribution >= 4 is 29.7 Å². The standard InChI is InChI=1S/C36H34N2O12/c37-33(41)26-17-28(21-30(18-26)49-35(43)24-7-3-1-4-8-24)47-15-13-45-11-12-46-14-16-48-29-19-27(34(42)38-23-32(39)40)20-31(22-29)50-36(44)25-9-5-2-6-10-25/h1-10,17-22H,11-16,23H2,(H2,37,41)(H,38,42)(H,39,40). The average molecular weight is 687 g/mol. The van der Waals surface area contributed by atoms with Crippen molar-refractivity contribution in [2.75, 3.05) is 46.2 Å². The summed E-state index contributed by atoms with van der Waals surface area (Å²) < 4.78 is 33.2. The molecule has 0 heterocycles. The lowest BCUT2D eigenvalue weighted by Crippen LogP contribution is -2.29. The Morgan fingerprint density at radius 1 is 0.540 bits per heavy atom. The van der Waals surface area contributed by atoms with Gasteiger partial charge in [0.2, 0.25) is 5.91 Å². The van der Waals surface area contributed by atoms with Gasteiger partial charge in [-0.15, -0.1) is 0 Å². The van der Waals surface area contributed by atoms with E-state index in [1.54, 1.807) is 60.7 Å². The van der Waals surface area contributed by atoms with E-state index in [1.165, 1.54) is 36.4 Å². The SMILES string of the molecule is NC(=O)c1cc(OCCOCCOCCOc2cc(OC(=O)c3ccccc3)cc(C(=O)NCC(=O)O)c2)cc(OC(=O)c2ccccc2)c1. The molecule has 4 rings (SSSR count). The Morgan fingerprint density at radius 2 is 0.960 bits per heavy atom. The summed E-state index contributed by atoms with van der Waals surface area (Å²) in [5.41, 5.74) is 6.19. The molecule has 0 radical (unpaired) electrons. The molecule has 0 aromatic heterocycles. The summed E-state index contributed by atoms with van der Waals surface area (Å²) in [6.07, 6.45) is 0. The molecule has 4 aromatic carbocycles. The number of carbonyl (C=O) groups is 5. The fraction of sp³-hybridized carbons (Fsp3) is 0.194. The van der Waals surface area contributed by atoms with Crippen molar-refractivity contribution in [1.82, 2.24) is 5.32 Å². The number of ether oxygens (including phenoxy) is 6. The van der Waals surface area contributed by atoms with Crippen molar-refractivity contribution in [2.24, 2.45) is 5.73 Å². The van der Waals surface area contributed by atoms with Crippen molar-refractivity contribution in [1.29, 1.82) is 0 Å². The molecule has 0 aliphatic rings. The average Bonchev–Trinajstić information content (AvgIpc) is 3.11. The first-order valence-corrected chi connectivity index (χ1v) is 15.2. The van der Waals surface area contributed by atoms with Crippen LogP contribution in [0.1, 0.15) is 41.4 Å². The first-order valence-electron chi connectivity index (χ1n) is 15.2. The van der Waals surface area contributed by atoms with Gasteiger partial charge in [0.15, 0.2) is 0 Å². The van der Waals surface area contributed by atoms with E-state index < -0.39 is 36.3 Å². The highest BCUT2D eigenvalue weighted by Crippen LogP contribution is 2.25. The molecule has 0 aliphatic heterocycles. The van der Waals surface area contributed by atoms with Crippen molar-refractivity contribution in [3.05, 3.63) is 119 Å². The molecule has 0 atom stereocenters. The number of benzene rings is 4. The minimum absolute atomic E-state index is 0.0270. The number of esters is 2. The van der Waals surface area contributed by atoms with Gasteiger partial charge >= 0.3 is 17.9 Å². The van der Waals surface area contributed by atoms with Gasteiger partial charge in [0.05, 0.1) is 37.6 Å². The minimum Gasteiger partial charge on any atom is -0.491 e. The van der Waals surface area contributed by atoms with Crippen LogP contribution in [0.3, 0.4) is 0 Å². The summed E-state index contributed by atoms with van der Waals surface area (Å²) in [6, 6.07) is 25.0. The molecule has 0 saturated heterocycles. The molecule has 0 saturated carbocycles. The zero-order valence-corrected chi connectivity index (χ0v) is 26.7. The van der Waals surface area contributed by atoms with Crippen LogP contribution in [0, 0.1) is 0 Å². The van der Waals surface area contributed by atoms with Gasteiger partial charge in [-0.3, -0.25) is 14.4 Å². The van der Waals surface area contributed by atoms with Gasteiger partial charge in [0.25, 0.3) is 5.91 Å². The van der Waals surface area contributed by atoms with Gasteiger partial charge < -0.3 is 44.6 Å². The summed E-state index contributed by atoms with van der Waals surface area (Å²) in [5, 5.41) is 11.1. The first kappa shape index (κ1) is 36.6. The zero-order chi connectivity index (χ0) is 35.7. The number of aliphatic carboxylic acids is 1. The van der Waals surface area contributed by atoms with Crippen LogP contribution in [0.5, 0.6) is 23.0 Å². The first-order chi connectivity index (χ1) is 24.2. The zero-order valence-electron chi connectivity index (χ0n) is 26.7. The molecule has 4 N–H and O–H groups in total. The summed E-state index contributed by atoms with van der Waals surface area (Å²) in [4.78, 5) is 60.1. The number of hydrogen-bond donors (Lipinski definition) is 3. The van der Waals surface area contributed by atoms with Crippen LogP contribution in [0.15, 0.2) is 97.1 Å². The second-order valence-electron chi connectivity index (χ2n) is 10.3. The number of hydrogen-bond acceptors (Lipinski definition) is 11. The van der Waals surface area contributed by atoms with E-state index in [0.717, 1.165) is 0 Å². The summed E-state index contributed by atoms with van der Waals surface area (Å²) in [7, 11) is 0. The maximum atomic E-state index is 12.5. The highest BCUT2D eigenvalue weighted by Gasteiger charge is 2.15. The highest BCUT2D eigenvalue weighted by molar-refractivity contribution is 5.97. The fourth-order valence-corrected chi connectivity index (χ4v) is 4.20. The Bertz CT molecular complexity index is 1780. The number of carboxylic acid groups (broad SMARTS) is 1. The molecule has 0 unspecified atom stereocenters. The van der Waals surface area contributed by atoms with Crippen molar-refractivity contribution in [3.8, 4) is 23.0 Å². The number of rotatable bonds is 19. The minimum atomic E-state index is -1.22. The lowest BCUT2D eigenvalue weighted by atomic mass is 10.2. The van der Waals surface area contributed by atoms with E-state index in [4.69, 9.17) is 39.3 Å². The molecule has 4 aromatic rings. The smallest absolute Gasteiger partial charge is 0.343 e. The molecule has 0 bridgehead atoms. The van der Waals surface area contributed by atoms with Crippen LogP contribution >= 0.6 is 0 Å². The summed E-state index contributed by atoms with van der Waals surface area (Å²) in [5.74, 6) is -3.31. The largest absolute Gasteiger partial charge is 0.491 e. The Hall–Kier alpha value is -6.25. The van der Waals surface area contributed by atoms with E-state index in [1.807, 2.05) is 0 Å². The van der Waals surface area contributed by atoms with E-state index in [-0.39, 0.29) is 73.8 Å². The lowest BCUT2D eigenvalue weighted by Gasteiger charge is -2.12. The number of nitrogens with one attached hydrogen (secondary N) is 1. The van der Waals surface area contributed by atoms with E-state index >= 15 is 0 Å². The van der Waals surface area contributed by atoms with Crippen molar-refractivity contribution in [2.45, 2.75) is 0 Å². The van der Waals surface area contributed by atoms with Crippen molar-refractivity contribution < 1.29 is 57.5 Å². The Balaban J connectivity index is 1.19. The van der Waals surface area contributed by atoms with E-state index in [2.05, 4.69) is 5.32 Å². The van der Waals surface area contributed by atoms with Gasteiger partial charge in [-0.05, 0) is 48.5 Å². The predicted octanol–water partition coefficient (Wildman–Crippen LogP) is 3.53. The van der Waals surface area contributed by atoms with Gasteiger partial charge in [-0.25, -0.2) is 9.59 Å². The van der Waals surface area contributed by atoms with E-state index in [9.17, 15) is 24.0 Å². The van der Waals surface area contributed by atoms with Gasteiger partial charge in [-0.1, -0.05) is 36.4 Å². The molecule has 50 heavy (non-hydrogen) atoms. The number of carboxylic acids is 1. The van der Waals surface area contributed by atoms with E-state index in [0.29, 0.717) is 11.1 Å². The third-order valence-electron chi connectivity index (χ3n) is 6.51. The van der Waals surface area contributed by atoms with Crippen LogP contribution in [0.2, 0.25) is 0 Å². The normalized spacial score (nSPS) is 10.5. The quantitative estimate of drug-likeness (QED) is 0.0738. The molecule has 0 fully saturated rings. The molecule has 2 amide bonds. The molecule has 0 aliphatic carbocycles.